The van der Waals surface area contributed by atoms with E-state index in [0.717, 1.165) is 27.8 Å². The molecule has 0 saturated carbocycles. The molecule has 0 unspecified atom stereocenters. The average Bonchev–Trinajstić information content (AvgIpc) is 3.51. The first-order valence-corrected chi connectivity index (χ1v) is 18.9. The summed E-state index contributed by atoms with van der Waals surface area (Å²) in [7, 11) is -2.52. The van der Waals surface area contributed by atoms with Crippen molar-refractivity contribution >= 4 is 45.0 Å². The van der Waals surface area contributed by atoms with Crippen molar-refractivity contribution in [2.75, 3.05) is 36.7 Å². The minimum atomic E-state index is -3.94. The topological polar surface area (TPSA) is 130 Å². The fourth-order valence-corrected chi connectivity index (χ4v) is 7.45. The number of carbonyl (C=O) groups is 1. The Morgan fingerprint density at radius 2 is 1.72 bits per heavy atom. The van der Waals surface area contributed by atoms with Crippen molar-refractivity contribution in [3.05, 3.63) is 71.1 Å². The molecule has 11 nitrogen and oxygen atoms in total. The summed E-state index contributed by atoms with van der Waals surface area (Å²) in [6, 6.07) is 14.5. The largest absolute Gasteiger partial charge is 0.444 e. The van der Waals surface area contributed by atoms with Gasteiger partial charge in [-0.2, -0.15) is 12.7 Å². The molecule has 5 rings (SSSR count). The highest BCUT2D eigenvalue weighted by molar-refractivity contribution is 7.90. The standard InChI is InChI=1S/C36H46FN7O4S2/c1-9-43(8)50(46,47)42-27-12-10-11-26(29(27)37)30-31(49-32(41-30)35(2,3)4)28-17-20-38-33(40-28)39-25-15-13-23(14-16-25)24-18-21-44(22-19-24)34(45)48-36(5,6)7/h10-17,20,24,42H,9,18-19,21-22H2,1-8H3,(H,38,39,40). The molecule has 2 N–H and O–H groups in total. The molecule has 0 atom stereocenters. The maximum Gasteiger partial charge on any atom is 0.410 e. The van der Waals surface area contributed by atoms with Gasteiger partial charge in [0, 0.05) is 49.5 Å². The molecule has 1 aliphatic heterocycles. The minimum absolute atomic E-state index is 0.159. The molecule has 2 aromatic carbocycles. The summed E-state index contributed by atoms with van der Waals surface area (Å²) in [5.74, 6) is -0.0244. The van der Waals surface area contributed by atoms with Crippen molar-refractivity contribution in [3.8, 4) is 21.8 Å². The van der Waals surface area contributed by atoms with Gasteiger partial charge in [-0.3, -0.25) is 4.72 Å². The van der Waals surface area contributed by atoms with E-state index in [0.29, 0.717) is 41.2 Å². The molecule has 0 radical (unpaired) electrons. The highest BCUT2D eigenvalue weighted by atomic mass is 32.2. The fraction of sp³-hybridized carbons (Fsp3) is 0.444. The third-order valence-electron chi connectivity index (χ3n) is 8.29. The molecule has 1 amide bonds. The zero-order valence-corrected chi connectivity index (χ0v) is 31.5. The number of rotatable bonds is 9. The Hall–Kier alpha value is -4.14. The zero-order chi connectivity index (χ0) is 36.4. The molecule has 50 heavy (non-hydrogen) atoms. The Morgan fingerprint density at radius 1 is 1.04 bits per heavy atom. The predicted molar refractivity (Wildman–Crippen MR) is 198 cm³/mol. The van der Waals surface area contributed by atoms with Gasteiger partial charge in [-0.05, 0) is 75.4 Å². The van der Waals surface area contributed by atoms with E-state index >= 15 is 4.39 Å². The molecular weight excluding hydrogens is 678 g/mol. The van der Waals surface area contributed by atoms with E-state index in [9.17, 15) is 13.2 Å². The molecule has 14 heteroatoms. The van der Waals surface area contributed by atoms with E-state index in [4.69, 9.17) is 14.7 Å². The van der Waals surface area contributed by atoms with Crippen LogP contribution in [0.3, 0.4) is 0 Å². The van der Waals surface area contributed by atoms with Crippen LogP contribution in [0.2, 0.25) is 0 Å². The number of ether oxygens (including phenoxy) is 1. The summed E-state index contributed by atoms with van der Waals surface area (Å²) in [5, 5.41) is 4.06. The first-order chi connectivity index (χ1) is 23.4. The number of likely N-dealkylation sites (tertiary alicyclic amines) is 1. The van der Waals surface area contributed by atoms with Gasteiger partial charge in [-0.25, -0.2) is 24.1 Å². The average molecular weight is 724 g/mol. The van der Waals surface area contributed by atoms with Gasteiger partial charge in [-0.1, -0.05) is 45.9 Å². The quantitative estimate of drug-likeness (QED) is 0.177. The fourth-order valence-electron chi connectivity index (χ4n) is 5.41. The number of nitrogens with zero attached hydrogens (tertiary/aromatic N) is 5. The summed E-state index contributed by atoms with van der Waals surface area (Å²) < 4.78 is 50.5. The molecule has 3 heterocycles. The lowest BCUT2D eigenvalue weighted by Gasteiger charge is -2.33. The molecule has 1 saturated heterocycles. The normalized spacial score (nSPS) is 14.6. The summed E-state index contributed by atoms with van der Waals surface area (Å²) >= 11 is 1.41. The van der Waals surface area contributed by atoms with Crippen LogP contribution >= 0.6 is 11.3 Å². The Morgan fingerprint density at radius 3 is 2.34 bits per heavy atom. The maximum atomic E-state index is 16.1. The second-order valence-corrected chi connectivity index (χ2v) is 17.2. The number of aromatic nitrogens is 3. The number of hydrogen-bond donors (Lipinski definition) is 2. The number of piperidine rings is 1. The number of thiazole rings is 1. The third kappa shape index (κ3) is 8.77. The molecule has 268 valence electrons. The third-order valence-corrected chi connectivity index (χ3v) is 11.4. The molecule has 2 aromatic heterocycles. The van der Waals surface area contributed by atoms with E-state index in [1.165, 1.54) is 30.0 Å². The van der Waals surface area contributed by atoms with Crippen LogP contribution in [0.15, 0.2) is 54.7 Å². The van der Waals surface area contributed by atoms with Crippen molar-refractivity contribution in [2.24, 2.45) is 0 Å². The number of benzene rings is 2. The van der Waals surface area contributed by atoms with E-state index in [-0.39, 0.29) is 29.3 Å². The number of halogens is 1. The lowest BCUT2D eigenvalue weighted by molar-refractivity contribution is 0.0205. The van der Waals surface area contributed by atoms with E-state index in [2.05, 4.69) is 27.2 Å². The number of carbonyl (C=O) groups excluding carboxylic acids is 1. The highest BCUT2D eigenvalue weighted by Crippen LogP contribution is 2.42. The Bertz CT molecular complexity index is 1930. The second kappa shape index (κ2) is 14.6. The summed E-state index contributed by atoms with van der Waals surface area (Å²) in [4.78, 5) is 29.0. The summed E-state index contributed by atoms with van der Waals surface area (Å²) in [5.41, 5.74) is 2.07. The first-order valence-electron chi connectivity index (χ1n) is 16.7. The van der Waals surface area contributed by atoms with Gasteiger partial charge in [0.15, 0.2) is 5.82 Å². The van der Waals surface area contributed by atoms with Gasteiger partial charge in [0.25, 0.3) is 0 Å². The molecule has 0 spiro atoms. The predicted octanol–water partition coefficient (Wildman–Crippen LogP) is 8.17. The van der Waals surface area contributed by atoms with Crippen molar-refractivity contribution in [3.63, 3.8) is 0 Å². The summed E-state index contributed by atoms with van der Waals surface area (Å²) in [6.45, 7) is 14.9. The molecular formula is C36H46FN7O4S2. The van der Waals surface area contributed by atoms with Crippen LogP contribution in [0.4, 0.5) is 26.5 Å². The number of anilines is 3. The van der Waals surface area contributed by atoms with Crippen molar-refractivity contribution in [1.29, 1.82) is 0 Å². The minimum Gasteiger partial charge on any atom is -0.444 e. The molecule has 4 aromatic rings. The van der Waals surface area contributed by atoms with Crippen molar-refractivity contribution < 1.29 is 22.3 Å². The second-order valence-electron chi connectivity index (χ2n) is 14.4. The lowest BCUT2D eigenvalue weighted by Crippen LogP contribution is -2.41. The van der Waals surface area contributed by atoms with Crippen LogP contribution in [0.5, 0.6) is 0 Å². The number of amides is 1. The number of nitrogens with one attached hydrogen (secondary N) is 2. The Balaban J connectivity index is 1.36. The van der Waals surface area contributed by atoms with Crippen LogP contribution in [0.25, 0.3) is 21.8 Å². The highest BCUT2D eigenvalue weighted by Gasteiger charge is 2.29. The number of hydrogen-bond acceptors (Lipinski definition) is 9. The van der Waals surface area contributed by atoms with Crippen LogP contribution in [0.1, 0.15) is 77.8 Å². The van der Waals surface area contributed by atoms with Crippen LogP contribution < -0.4 is 10.0 Å². The van der Waals surface area contributed by atoms with Gasteiger partial charge in [0.05, 0.1) is 27.0 Å². The van der Waals surface area contributed by atoms with Gasteiger partial charge >= 0.3 is 16.3 Å². The van der Waals surface area contributed by atoms with Gasteiger partial charge < -0.3 is 15.0 Å². The van der Waals surface area contributed by atoms with E-state index in [1.807, 2.05) is 53.7 Å². The Kier molecular flexibility index (Phi) is 10.8. The van der Waals surface area contributed by atoms with Gasteiger partial charge in [0.2, 0.25) is 5.95 Å². The van der Waals surface area contributed by atoms with E-state index in [1.54, 1.807) is 36.2 Å². The molecule has 0 aliphatic carbocycles. The van der Waals surface area contributed by atoms with Crippen LogP contribution in [0, 0.1) is 5.82 Å². The van der Waals surface area contributed by atoms with Crippen molar-refractivity contribution in [1.82, 2.24) is 24.2 Å². The lowest BCUT2D eigenvalue weighted by atomic mass is 9.89. The molecule has 1 fully saturated rings. The monoisotopic (exact) mass is 723 g/mol. The summed E-state index contributed by atoms with van der Waals surface area (Å²) in [6.07, 6.45) is 3.09. The van der Waals surface area contributed by atoms with Crippen LogP contribution in [-0.2, 0) is 20.4 Å². The van der Waals surface area contributed by atoms with Crippen LogP contribution in [-0.4, -0.2) is 71.0 Å². The SMILES string of the molecule is CCN(C)S(=O)(=O)Nc1cccc(-c2nc(C(C)(C)C)sc2-c2ccnc(Nc3ccc(C4CCN(C(=O)OC(C)(C)C)CC4)cc3)n2)c1F. The first kappa shape index (κ1) is 37.1. The van der Waals surface area contributed by atoms with E-state index < -0.39 is 21.6 Å². The molecule has 0 bridgehead atoms. The van der Waals surface area contributed by atoms with Crippen molar-refractivity contribution in [2.45, 2.75) is 78.2 Å². The van der Waals surface area contributed by atoms with Gasteiger partial charge in [-0.15, -0.1) is 11.3 Å². The maximum absolute atomic E-state index is 16.1. The van der Waals surface area contributed by atoms with Gasteiger partial charge in [0.1, 0.15) is 5.60 Å². The zero-order valence-electron chi connectivity index (χ0n) is 29.9. The molecule has 1 aliphatic rings. The smallest absolute Gasteiger partial charge is 0.410 e. The Labute approximate surface area is 298 Å².